The molecule has 4 rings (SSSR count). The Morgan fingerprint density at radius 3 is 2.40 bits per heavy atom. The largest absolute Gasteiger partial charge is 0.444 e. The maximum atomic E-state index is 13.1. The summed E-state index contributed by atoms with van der Waals surface area (Å²) in [6.07, 6.45) is 3.68. The van der Waals surface area contributed by atoms with Gasteiger partial charge in [-0.05, 0) is 26.8 Å². The fraction of sp³-hybridized carbons (Fsp3) is 0.550. The van der Waals surface area contributed by atoms with Crippen molar-refractivity contribution in [3.63, 3.8) is 0 Å². The van der Waals surface area contributed by atoms with E-state index in [0.717, 1.165) is 11.3 Å². The van der Waals surface area contributed by atoms with Gasteiger partial charge in [-0.15, -0.1) is 0 Å². The summed E-state index contributed by atoms with van der Waals surface area (Å²) in [6.45, 7) is 8.82. The summed E-state index contributed by atoms with van der Waals surface area (Å²) in [6, 6.07) is 1.78. The standard InChI is InChI=1S/C20H27N7O3/c1-20(2,3)30-19(29)27-8-5-15-14(13-27)16(24-23-15)17(28)25-9-11-26(12-10-25)18-21-6-4-7-22-18/h4,6-7H,5,8-13H2,1-3H3,(H,23,24). The molecular weight excluding hydrogens is 386 g/mol. The van der Waals surface area contributed by atoms with E-state index >= 15 is 0 Å². The second-order valence-corrected chi connectivity index (χ2v) is 8.51. The summed E-state index contributed by atoms with van der Waals surface area (Å²) < 4.78 is 5.48. The Labute approximate surface area is 175 Å². The second-order valence-electron chi connectivity index (χ2n) is 8.51. The normalized spacial score (nSPS) is 17.0. The minimum absolute atomic E-state index is 0.118. The van der Waals surface area contributed by atoms with Gasteiger partial charge < -0.3 is 19.4 Å². The summed E-state index contributed by atoms with van der Waals surface area (Å²) in [5.41, 5.74) is 1.53. The first kappa shape index (κ1) is 20.1. The fourth-order valence-corrected chi connectivity index (χ4v) is 3.67. The van der Waals surface area contributed by atoms with Gasteiger partial charge in [0.1, 0.15) is 5.60 Å². The van der Waals surface area contributed by atoms with Crippen molar-refractivity contribution in [2.45, 2.75) is 39.3 Å². The Morgan fingerprint density at radius 2 is 1.73 bits per heavy atom. The molecule has 2 aliphatic rings. The Hall–Kier alpha value is -3.17. The SMILES string of the molecule is CC(C)(C)OC(=O)N1CCc2[nH]nc(C(=O)N3CCN(c4ncccn4)CC3)c2C1. The molecule has 10 nitrogen and oxygen atoms in total. The van der Waals surface area contributed by atoms with E-state index in [1.807, 2.05) is 20.8 Å². The summed E-state index contributed by atoms with van der Waals surface area (Å²) in [5, 5.41) is 7.27. The lowest BCUT2D eigenvalue weighted by atomic mass is 10.0. The number of hydrogen-bond donors (Lipinski definition) is 1. The first-order valence-corrected chi connectivity index (χ1v) is 10.2. The zero-order valence-corrected chi connectivity index (χ0v) is 17.6. The van der Waals surface area contributed by atoms with E-state index in [1.54, 1.807) is 28.3 Å². The number of nitrogens with one attached hydrogen (secondary N) is 1. The lowest BCUT2D eigenvalue weighted by molar-refractivity contribution is 0.0222. The van der Waals surface area contributed by atoms with E-state index in [1.165, 1.54) is 0 Å². The first-order valence-electron chi connectivity index (χ1n) is 10.2. The van der Waals surface area contributed by atoms with Crippen LogP contribution in [-0.4, -0.2) is 80.3 Å². The van der Waals surface area contributed by atoms with Crippen molar-refractivity contribution in [1.82, 2.24) is 30.0 Å². The number of carbonyl (C=O) groups excluding carboxylic acids is 2. The third-order valence-corrected chi connectivity index (χ3v) is 5.19. The van der Waals surface area contributed by atoms with Crippen molar-refractivity contribution in [2.24, 2.45) is 0 Å². The van der Waals surface area contributed by atoms with Gasteiger partial charge in [0.05, 0.1) is 6.54 Å². The molecule has 0 bridgehead atoms. The minimum Gasteiger partial charge on any atom is -0.444 e. The van der Waals surface area contributed by atoms with Crippen LogP contribution in [0.3, 0.4) is 0 Å². The second kappa shape index (κ2) is 7.92. The Balaban J connectivity index is 1.42. The maximum absolute atomic E-state index is 13.1. The smallest absolute Gasteiger partial charge is 0.410 e. The quantitative estimate of drug-likeness (QED) is 0.794. The average molecular weight is 413 g/mol. The number of H-pyrrole nitrogens is 1. The molecule has 0 aliphatic carbocycles. The van der Waals surface area contributed by atoms with Gasteiger partial charge in [-0.25, -0.2) is 14.8 Å². The van der Waals surface area contributed by atoms with Gasteiger partial charge in [0, 0.05) is 62.8 Å². The lowest BCUT2D eigenvalue weighted by Crippen LogP contribution is -2.49. The van der Waals surface area contributed by atoms with E-state index in [4.69, 9.17) is 4.74 Å². The predicted octanol–water partition coefficient (Wildman–Crippen LogP) is 1.46. The molecule has 1 saturated heterocycles. The summed E-state index contributed by atoms with van der Waals surface area (Å²) in [4.78, 5) is 39.6. The molecule has 1 N–H and O–H groups in total. The summed E-state index contributed by atoms with van der Waals surface area (Å²) in [5.74, 6) is 0.557. The van der Waals surface area contributed by atoms with Crippen LogP contribution in [0.25, 0.3) is 0 Å². The van der Waals surface area contributed by atoms with Crippen molar-refractivity contribution in [2.75, 3.05) is 37.6 Å². The highest BCUT2D eigenvalue weighted by Crippen LogP contribution is 2.24. The highest BCUT2D eigenvalue weighted by atomic mass is 16.6. The highest BCUT2D eigenvalue weighted by Gasteiger charge is 2.32. The van der Waals surface area contributed by atoms with Gasteiger partial charge in [0.15, 0.2) is 5.69 Å². The first-order chi connectivity index (χ1) is 14.3. The van der Waals surface area contributed by atoms with Crippen LogP contribution in [0.5, 0.6) is 0 Å². The molecule has 0 spiro atoms. The number of nitrogens with zero attached hydrogens (tertiary/aromatic N) is 6. The molecule has 1 fully saturated rings. The van der Waals surface area contributed by atoms with E-state index in [-0.39, 0.29) is 12.0 Å². The number of anilines is 1. The molecule has 2 aliphatic heterocycles. The molecule has 10 heteroatoms. The van der Waals surface area contributed by atoms with Crippen molar-refractivity contribution in [1.29, 1.82) is 0 Å². The van der Waals surface area contributed by atoms with E-state index < -0.39 is 5.60 Å². The minimum atomic E-state index is -0.561. The topological polar surface area (TPSA) is 108 Å². The van der Waals surface area contributed by atoms with Gasteiger partial charge in [-0.1, -0.05) is 0 Å². The highest BCUT2D eigenvalue weighted by molar-refractivity contribution is 5.94. The lowest BCUT2D eigenvalue weighted by Gasteiger charge is -2.34. The molecule has 30 heavy (non-hydrogen) atoms. The molecule has 2 aromatic rings. The van der Waals surface area contributed by atoms with E-state index in [2.05, 4.69) is 25.1 Å². The molecule has 0 radical (unpaired) electrons. The van der Waals surface area contributed by atoms with Gasteiger partial charge >= 0.3 is 6.09 Å². The van der Waals surface area contributed by atoms with Crippen LogP contribution in [0.1, 0.15) is 42.5 Å². The third kappa shape index (κ3) is 4.22. The maximum Gasteiger partial charge on any atom is 0.410 e. The molecular formula is C20H27N7O3. The Kier molecular flexibility index (Phi) is 5.31. The Bertz CT molecular complexity index is 914. The van der Waals surface area contributed by atoms with Crippen molar-refractivity contribution in [3.8, 4) is 0 Å². The van der Waals surface area contributed by atoms with Gasteiger partial charge in [-0.3, -0.25) is 9.89 Å². The molecule has 0 saturated carbocycles. The van der Waals surface area contributed by atoms with Gasteiger partial charge in [0.25, 0.3) is 5.91 Å². The van der Waals surface area contributed by atoms with Crippen molar-refractivity contribution in [3.05, 3.63) is 35.4 Å². The molecule has 0 aromatic carbocycles. The van der Waals surface area contributed by atoms with Crippen LogP contribution in [0.15, 0.2) is 18.5 Å². The number of fused-ring (bicyclic) bond motifs is 1. The zero-order valence-electron chi connectivity index (χ0n) is 17.6. The number of amides is 2. The number of carbonyl (C=O) groups is 2. The zero-order chi connectivity index (χ0) is 21.3. The van der Waals surface area contributed by atoms with Gasteiger partial charge in [0.2, 0.25) is 5.95 Å². The van der Waals surface area contributed by atoms with Gasteiger partial charge in [-0.2, -0.15) is 5.10 Å². The number of rotatable bonds is 2. The third-order valence-electron chi connectivity index (χ3n) is 5.19. The van der Waals surface area contributed by atoms with Crippen LogP contribution >= 0.6 is 0 Å². The molecule has 2 aromatic heterocycles. The molecule has 0 unspecified atom stereocenters. The van der Waals surface area contributed by atoms with Crippen molar-refractivity contribution >= 4 is 17.9 Å². The van der Waals surface area contributed by atoms with Crippen LogP contribution in [0.2, 0.25) is 0 Å². The molecule has 160 valence electrons. The fourth-order valence-electron chi connectivity index (χ4n) is 3.67. The van der Waals surface area contributed by atoms with Crippen molar-refractivity contribution < 1.29 is 14.3 Å². The van der Waals surface area contributed by atoms with E-state index in [0.29, 0.717) is 57.3 Å². The number of ether oxygens (including phenoxy) is 1. The average Bonchev–Trinajstić information content (AvgIpc) is 3.16. The van der Waals surface area contributed by atoms with E-state index in [9.17, 15) is 9.59 Å². The number of aromatic nitrogens is 4. The van der Waals surface area contributed by atoms with Crippen LogP contribution in [0.4, 0.5) is 10.7 Å². The number of hydrogen-bond acceptors (Lipinski definition) is 7. The summed E-state index contributed by atoms with van der Waals surface area (Å²) >= 11 is 0. The Morgan fingerprint density at radius 1 is 1.03 bits per heavy atom. The van der Waals surface area contributed by atoms with Crippen LogP contribution in [0, 0.1) is 0 Å². The molecule has 4 heterocycles. The van der Waals surface area contributed by atoms with Crippen LogP contribution in [-0.2, 0) is 17.7 Å². The number of piperazine rings is 1. The van der Waals surface area contributed by atoms with Crippen LogP contribution < -0.4 is 4.90 Å². The monoisotopic (exact) mass is 413 g/mol. The summed E-state index contributed by atoms with van der Waals surface area (Å²) in [7, 11) is 0. The molecule has 0 atom stereocenters. The number of aromatic amines is 1. The molecule has 2 amide bonds. The predicted molar refractivity (Wildman–Crippen MR) is 109 cm³/mol.